The maximum atomic E-state index is 13.4. The largest absolute Gasteiger partial charge is 0.343 e. The van der Waals surface area contributed by atoms with E-state index >= 15 is 0 Å². The van der Waals surface area contributed by atoms with Crippen LogP contribution in [0.1, 0.15) is 40.8 Å². The number of benzene rings is 3. The van der Waals surface area contributed by atoms with Gasteiger partial charge in [-0.15, -0.1) is 0 Å². The summed E-state index contributed by atoms with van der Waals surface area (Å²) in [5, 5.41) is 3.07. The molecule has 3 aromatic carbocycles. The van der Waals surface area contributed by atoms with Crippen LogP contribution in [0.3, 0.4) is 0 Å². The molecule has 2 atom stereocenters. The monoisotopic (exact) mass is 450 g/mol. The molecular weight excluding hydrogens is 420 g/mol. The number of hydrogen-bond acceptors (Lipinski definition) is 3. The molecule has 1 N–H and O–H groups in total. The summed E-state index contributed by atoms with van der Waals surface area (Å²) in [5.74, 6) is -0.372. The van der Waals surface area contributed by atoms with Gasteiger partial charge in [0.1, 0.15) is 6.04 Å². The van der Waals surface area contributed by atoms with E-state index in [1.807, 2.05) is 81.4 Å². The average molecular weight is 451 g/mol. The summed E-state index contributed by atoms with van der Waals surface area (Å²) >= 11 is 0. The highest BCUT2D eigenvalue weighted by molar-refractivity contribution is 7.92. The molecule has 0 aliphatic heterocycles. The van der Waals surface area contributed by atoms with Gasteiger partial charge in [0.15, 0.2) is 0 Å². The second-order valence-corrected chi connectivity index (χ2v) is 10.1. The lowest BCUT2D eigenvalue weighted by atomic mass is 9.97. The van der Waals surface area contributed by atoms with Crippen LogP contribution < -0.4 is 9.62 Å². The van der Waals surface area contributed by atoms with Crippen molar-refractivity contribution in [3.8, 4) is 0 Å². The Morgan fingerprint density at radius 3 is 2.00 bits per heavy atom. The molecule has 6 heteroatoms. The van der Waals surface area contributed by atoms with Crippen molar-refractivity contribution >= 4 is 21.6 Å². The fourth-order valence-electron chi connectivity index (χ4n) is 3.70. The van der Waals surface area contributed by atoms with E-state index in [4.69, 9.17) is 0 Å². The number of amides is 1. The predicted molar refractivity (Wildman–Crippen MR) is 130 cm³/mol. The summed E-state index contributed by atoms with van der Waals surface area (Å²) in [6, 6.07) is 21.7. The minimum Gasteiger partial charge on any atom is -0.343 e. The fraction of sp³-hybridized carbons (Fsp3) is 0.269. The third-order valence-electron chi connectivity index (χ3n) is 5.66. The first-order valence-corrected chi connectivity index (χ1v) is 12.4. The van der Waals surface area contributed by atoms with E-state index in [2.05, 4.69) is 5.32 Å². The maximum absolute atomic E-state index is 13.4. The average Bonchev–Trinajstić information content (AvgIpc) is 2.75. The van der Waals surface area contributed by atoms with Gasteiger partial charge in [0, 0.05) is 0 Å². The third kappa shape index (κ3) is 5.37. The Kier molecular flexibility index (Phi) is 7.04. The molecule has 0 radical (unpaired) electrons. The van der Waals surface area contributed by atoms with Gasteiger partial charge in [-0.2, -0.15) is 0 Å². The molecular formula is C26H30N2O3S. The molecule has 5 nitrogen and oxygen atoms in total. The molecule has 0 unspecified atom stereocenters. The molecule has 0 spiro atoms. The summed E-state index contributed by atoms with van der Waals surface area (Å²) in [5.41, 5.74) is 5.48. The molecule has 0 aliphatic carbocycles. The van der Waals surface area contributed by atoms with Gasteiger partial charge in [-0.05, 0) is 62.1 Å². The van der Waals surface area contributed by atoms with Crippen LogP contribution in [0.25, 0.3) is 0 Å². The van der Waals surface area contributed by atoms with Crippen molar-refractivity contribution in [2.75, 3.05) is 10.6 Å². The van der Waals surface area contributed by atoms with E-state index in [9.17, 15) is 13.2 Å². The van der Waals surface area contributed by atoms with E-state index in [-0.39, 0.29) is 5.91 Å². The highest BCUT2D eigenvalue weighted by atomic mass is 32.2. The zero-order chi connectivity index (χ0) is 23.5. The van der Waals surface area contributed by atoms with E-state index < -0.39 is 22.1 Å². The van der Waals surface area contributed by atoms with E-state index in [0.29, 0.717) is 5.69 Å². The molecule has 168 valence electrons. The molecule has 0 aromatic heterocycles. The predicted octanol–water partition coefficient (Wildman–Crippen LogP) is 4.67. The molecule has 0 fully saturated rings. The molecule has 0 aliphatic rings. The van der Waals surface area contributed by atoms with Gasteiger partial charge in [0.25, 0.3) is 0 Å². The number of nitrogens with zero attached hydrogens (tertiary/aromatic N) is 1. The van der Waals surface area contributed by atoms with Crippen LogP contribution in [0.5, 0.6) is 0 Å². The Morgan fingerprint density at radius 1 is 0.844 bits per heavy atom. The highest BCUT2D eigenvalue weighted by Gasteiger charge is 2.31. The van der Waals surface area contributed by atoms with Gasteiger partial charge in [-0.3, -0.25) is 9.10 Å². The van der Waals surface area contributed by atoms with Crippen LogP contribution in [-0.4, -0.2) is 26.6 Å². The standard InChI is InChI=1S/C26H30N2O3S/c1-18-11-14-23(15-12-18)25(22-9-7-6-8-10-22)27-26(29)21(4)28(32(5,30)31)24-16-13-19(2)20(3)17-24/h6-17,21,25H,1-5H3,(H,27,29)/t21-,25-/m0/s1. The van der Waals surface area contributed by atoms with Crippen LogP contribution in [0.15, 0.2) is 72.8 Å². The number of carbonyl (C=O) groups excluding carboxylic acids is 1. The zero-order valence-electron chi connectivity index (χ0n) is 19.2. The normalized spacial score (nSPS) is 13.3. The van der Waals surface area contributed by atoms with Crippen molar-refractivity contribution in [2.45, 2.75) is 39.8 Å². The van der Waals surface area contributed by atoms with Crippen LogP contribution in [0, 0.1) is 20.8 Å². The molecule has 3 aromatic rings. The summed E-state index contributed by atoms with van der Waals surface area (Å²) < 4.78 is 26.6. The number of carbonyl (C=O) groups is 1. The number of aryl methyl sites for hydroxylation is 3. The topological polar surface area (TPSA) is 66.5 Å². The van der Waals surface area contributed by atoms with Crippen molar-refractivity contribution in [1.29, 1.82) is 0 Å². The summed E-state index contributed by atoms with van der Waals surface area (Å²) in [6.45, 7) is 7.51. The lowest BCUT2D eigenvalue weighted by Crippen LogP contribution is -2.48. The third-order valence-corrected chi connectivity index (χ3v) is 6.91. The summed E-state index contributed by atoms with van der Waals surface area (Å²) in [4.78, 5) is 13.4. The van der Waals surface area contributed by atoms with Crippen LogP contribution in [0.2, 0.25) is 0 Å². The van der Waals surface area contributed by atoms with Crippen LogP contribution in [0.4, 0.5) is 5.69 Å². The van der Waals surface area contributed by atoms with Crippen LogP contribution >= 0.6 is 0 Å². The van der Waals surface area contributed by atoms with Crippen molar-refractivity contribution < 1.29 is 13.2 Å². The quantitative estimate of drug-likeness (QED) is 0.569. The number of sulfonamides is 1. The summed E-state index contributed by atoms with van der Waals surface area (Å²) in [7, 11) is -3.69. The van der Waals surface area contributed by atoms with E-state index in [0.717, 1.165) is 34.1 Å². The highest BCUT2D eigenvalue weighted by Crippen LogP contribution is 2.26. The number of hydrogen-bond donors (Lipinski definition) is 1. The Bertz CT molecular complexity index is 1190. The first kappa shape index (κ1) is 23.5. The molecule has 0 bridgehead atoms. The van der Waals surface area contributed by atoms with Gasteiger partial charge >= 0.3 is 0 Å². The first-order valence-electron chi connectivity index (χ1n) is 10.6. The molecule has 3 rings (SSSR count). The minimum atomic E-state index is -3.69. The lowest BCUT2D eigenvalue weighted by Gasteiger charge is -2.30. The molecule has 0 heterocycles. The zero-order valence-corrected chi connectivity index (χ0v) is 20.0. The Hall–Kier alpha value is -3.12. The Balaban J connectivity index is 1.96. The van der Waals surface area contributed by atoms with E-state index in [1.54, 1.807) is 19.1 Å². The van der Waals surface area contributed by atoms with Gasteiger partial charge in [0.2, 0.25) is 15.9 Å². The van der Waals surface area contributed by atoms with Gasteiger partial charge in [0.05, 0.1) is 18.0 Å². The van der Waals surface area contributed by atoms with Gasteiger partial charge < -0.3 is 5.32 Å². The Labute approximate surface area is 191 Å². The van der Waals surface area contributed by atoms with Crippen molar-refractivity contribution in [1.82, 2.24) is 5.32 Å². The smallest absolute Gasteiger partial charge is 0.244 e. The first-order chi connectivity index (χ1) is 15.1. The minimum absolute atomic E-state index is 0.372. The van der Waals surface area contributed by atoms with Gasteiger partial charge in [-0.1, -0.05) is 66.2 Å². The molecule has 0 saturated carbocycles. The van der Waals surface area contributed by atoms with Crippen molar-refractivity contribution in [2.24, 2.45) is 0 Å². The maximum Gasteiger partial charge on any atom is 0.244 e. The fourth-order valence-corrected chi connectivity index (χ4v) is 4.86. The lowest BCUT2D eigenvalue weighted by molar-refractivity contribution is -0.122. The number of rotatable bonds is 7. The number of anilines is 1. The molecule has 0 saturated heterocycles. The second kappa shape index (κ2) is 9.57. The van der Waals surface area contributed by atoms with Gasteiger partial charge in [-0.25, -0.2) is 8.42 Å². The van der Waals surface area contributed by atoms with E-state index in [1.165, 1.54) is 4.31 Å². The molecule has 32 heavy (non-hydrogen) atoms. The Morgan fingerprint density at radius 2 is 1.44 bits per heavy atom. The SMILES string of the molecule is Cc1ccc([C@@H](NC(=O)[C@H](C)N(c2ccc(C)c(C)c2)S(C)(=O)=O)c2ccccc2)cc1. The summed E-state index contributed by atoms with van der Waals surface area (Å²) in [6.07, 6.45) is 1.13. The molecule has 1 amide bonds. The van der Waals surface area contributed by atoms with Crippen molar-refractivity contribution in [3.63, 3.8) is 0 Å². The second-order valence-electron chi connectivity index (χ2n) is 8.27. The van der Waals surface area contributed by atoms with Crippen LogP contribution in [-0.2, 0) is 14.8 Å². The number of nitrogens with one attached hydrogen (secondary N) is 1. The van der Waals surface area contributed by atoms with Crippen molar-refractivity contribution in [3.05, 3.63) is 101 Å².